The first kappa shape index (κ1) is 19.0. The molecule has 1 unspecified atom stereocenters. The maximum absolute atomic E-state index is 10.0. The van der Waals surface area contributed by atoms with Gasteiger partial charge in [-0.05, 0) is 30.7 Å². The van der Waals surface area contributed by atoms with Gasteiger partial charge in [0.1, 0.15) is 29.8 Å². The van der Waals surface area contributed by atoms with E-state index in [2.05, 4.69) is 6.92 Å². The van der Waals surface area contributed by atoms with Gasteiger partial charge in [0.25, 0.3) is 0 Å². The SMILES string of the molecule is CCCCCOc1ccc(O[C@H]2C(O)O[C@H](CO)[C@@H](O)[C@@H]2O)cc1. The summed E-state index contributed by atoms with van der Waals surface area (Å²) in [5.74, 6) is 1.11. The van der Waals surface area contributed by atoms with E-state index in [9.17, 15) is 15.3 Å². The van der Waals surface area contributed by atoms with Gasteiger partial charge in [-0.2, -0.15) is 0 Å². The Bertz CT molecular complexity index is 478. The van der Waals surface area contributed by atoms with Crippen LogP contribution in [0.15, 0.2) is 24.3 Å². The number of ether oxygens (including phenoxy) is 3. The summed E-state index contributed by atoms with van der Waals surface area (Å²) in [6.45, 7) is 2.27. The first-order chi connectivity index (χ1) is 11.6. The minimum atomic E-state index is -1.45. The van der Waals surface area contributed by atoms with E-state index in [4.69, 9.17) is 19.3 Å². The van der Waals surface area contributed by atoms with Crippen molar-refractivity contribution < 1.29 is 34.6 Å². The fraction of sp³-hybridized carbons (Fsp3) is 0.647. The second-order valence-corrected chi connectivity index (χ2v) is 5.84. The van der Waals surface area contributed by atoms with Crippen LogP contribution in [0, 0.1) is 0 Å². The van der Waals surface area contributed by atoms with E-state index >= 15 is 0 Å². The van der Waals surface area contributed by atoms with Crippen molar-refractivity contribution in [3.8, 4) is 11.5 Å². The summed E-state index contributed by atoms with van der Waals surface area (Å²) >= 11 is 0. The van der Waals surface area contributed by atoms with Gasteiger partial charge in [0.15, 0.2) is 12.4 Å². The largest absolute Gasteiger partial charge is 0.494 e. The molecule has 0 bridgehead atoms. The van der Waals surface area contributed by atoms with E-state index in [1.54, 1.807) is 24.3 Å². The second-order valence-electron chi connectivity index (χ2n) is 5.84. The molecule has 136 valence electrons. The Hall–Kier alpha value is -1.38. The van der Waals surface area contributed by atoms with Gasteiger partial charge < -0.3 is 34.6 Å². The summed E-state index contributed by atoms with van der Waals surface area (Å²) in [4.78, 5) is 0. The summed E-state index contributed by atoms with van der Waals surface area (Å²) in [7, 11) is 0. The van der Waals surface area contributed by atoms with Crippen LogP contribution in [0.5, 0.6) is 11.5 Å². The zero-order valence-corrected chi connectivity index (χ0v) is 13.7. The molecule has 0 amide bonds. The standard InChI is InChI=1S/C17H26O7/c1-2-3-4-9-22-11-5-7-12(8-6-11)23-16-15(20)14(19)13(10-18)24-17(16)21/h5-8,13-21H,2-4,9-10H2,1H3/t13-,14-,15+,16-,17?/m1/s1. The molecule has 1 aliphatic rings. The van der Waals surface area contributed by atoms with Crippen LogP contribution in [0.4, 0.5) is 0 Å². The van der Waals surface area contributed by atoms with E-state index in [1.807, 2.05) is 0 Å². The Balaban J connectivity index is 1.90. The lowest BCUT2D eigenvalue weighted by Crippen LogP contribution is -2.60. The number of aliphatic hydroxyl groups excluding tert-OH is 4. The van der Waals surface area contributed by atoms with Crippen LogP contribution < -0.4 is 9.47 Å². The predicted octanol–water partition coefficient (Wildman–Crippen LogP) is 0.434. The molecule has 1 heterocycles. The molecule has 24 heavy (non-hydrogen) atoms. The molecule has 2 rings (SSSR count). The smallest absolute Gasteiger partial charge is 0.195 e. The molecule has 0 aromatic heterocycles. The highest BCUT2D eigenvalue weighted by Crippen LogP contribution is 2.26. The predicted molar refractivity (Wildman–Crippen MR) is 85.9 cm³/mol. The normalized spacial score (nSPS) is 30.1. The maximum atomic E-state index is 10.0. The Morgan fingerprint density at radius 2 is 1.67 bits per heavy atom. The molecule has 7 heteroatoms. The maximum Gasteiger partial charge on any atom is 0.195 e. The molecule has 0 radical (unpaired) electrons. The van der Waals surface area contributed by atoms with Gasteiger partial charge in [-0.3, -0.25) is 0 Å². The van der Waals surface area contributed by atoms with Crippen LogP contribution in [-0.4, -0.2) is 64.3 Å². The second kappa shape index (κ2) is 9.19. The summed E-state index contributed by atoms with van der Waals surface area (Å²) < 4.78 is 16.2. The van der Waals surface area contributed by atoms with Crippen LogP contribution >= 0.6 is 0 Å². The molecule has 0 saturated carbocycles. The lowest BCUT2D eigenvalue weighted by Gasteiger charge is -2.39. The van der Waals surface area contributed by atoms with Gasteiger partial charge in [-0.15, -0.1) is 0 Å². The van der Waals surface area contributed by atoms with Gasteiger partial charge in [-0.25, -0.2) is 0 Å². The van der Waals surface area contributed by atoms with Crippen molar-refractivity contribution in [2.75, 3.05) is 13.2 Å². The molecule has 1 aromatic rings. The Morgan fingerprint density at radius 1 is 1.00 bits per heavy atom. The average molecular weight is 342 g/mol. The van der Waals surface area contributed by atoms with Crippen LogP contribution in [0.2, 0.25) is 0 Å². The highest BCUT2D eigenvalue weighted by molar-refractivity contribution is 5.31. The Labute approximate surface area is 141 Å². The molecule has 1 aromatic carbocycles. The molecular formula is C17H26O7. The summed E-state index contributed by atoms with van der Waals surface area (Å²) in [5.41, 5.74) is 0. The quantitative estimate of drug-likeness (QED) is 0.508. The fourth-order valence-electron chi connectivity index (χ4n) is 2.51. The van der Waals surface area contributed by atoms with Crippen molar-refractivity contribution in [2.24, 2.45) is 0 Å². The van der Waals surface area contributed by atoms with E-state index < -0.39 is 37.3 Å². The van der Waals surface area contributed by atoms with Gasteiger partial charge in [0.05, 0.1) is 13.2 Å². The van der Waals surface area contributed by atoms with Crippen LogP contribution in [0.3, 0.4) is 0 Å². The van der Waals surface area contributed by atoms with Crippen molar-refractivity contribution in [1.82, 2.24) is 0 Å². The summed E-state index contributed by atoms with van der Waals surface area (Å²) in [6.07, 6.45) is -3.13. The third-order valence-electron chi connectivity index (χ3n) is 3.96. The molecule has 7 nitrogen and oxygen atoms in total. The van der Waals surface area contributed by atoms with Crippen molar-refractivity contribution in [1.29, 1.82) is 0 Å². The Morgan fingerprint density at radius 3 is 2.29 bits per heavy atom. The number of benzene rings is 1. The van der Waals surface area contributed by atoms with Gasteiger partial charge in [0, 0.05) is 0 Å². The topological polar surface area (TPSA) is 109 Å². The highest BCUT2D eigenvalue weighted by atomic mass is 16.7. The van der Waals surface area contributed by atoms with Crippen LogP contribution in [0.25, 0.3) is 0 Å². The first-order valence-corrected chi connectivity index (χ1v) is 8.26. The average Bonchev–Trinajstić information content (AvgIpc) is 2.60. The van der Waals surface area contributed by atoms with Crippen molar-refractivity contribution in [3.63, 3.8) is 0 Å². The van der Waals surface area contributed by atoms with Gasteiger partial charge >= 0.3 is 0 Å². The summed E-state index contributed by atoms with van der Waals surface area (Å²) in [5, 5.41) is 38.8. The first-order valence-electron chi connectivity index (χ1n) is 8.26. The zero-order valence-electron chi connectivity index (χ0n) is 13.7. The monoisotopic (exact) mass is 342 g/mol. The zero-order chi connectivity index (χ0) is 17.5. The number of hydrogen-bond acceptors (Lipinski definition) is 7. The molecule has 1 saturated heterocycles. The van der Waals surface area contributed by atoms with E-state index in [0.717, 1.165) is 19.3 Å². The van der Waals surface area contributed by atoms with Crippen LogP contribution in [0.1, 0.15) is 26.2 Å². The van der Waals surface area contributed by atoms with E-state index in [1.165, 1.54) is 0 Å². The van der Waals surface area contributed by atoms with Crippen molar-refractivity contribution in [3.05, 3.63) is 24.3 Å². The lowest BCUT2D eigenvalue weighted by atomic mass is 9.99. The third kappa shape index (κ3) is 4.81. The molecular weight excluding hydrogens is 316 g/mol. The van der Waals surface area contributed by atoms with Crippen molar-refractivity contribution >= 4 is 0 Å². The van der Waals surface area contributed by atoms with E-state index in [0.29, 0.717) is 18.1 Å². The highest BCUT2D eigenvalue weighted by Gasteiger charge is 2.45. The minimum absolute atomic E-state index is 0.400. The van der Waals surface area contributed by atoms with Crippen LogP contribution in [-0.2, 0) is 4.74 Å². The number of rotatable bonds is 8. The lowest BCUT2D eigenvalue weighted by molar-refractivity contribution is -0.280. The molecule has 0 spiro atoms. The molecule has 1 aliphatic heterocycles. The number of hydrogen-bond donors (Lipinski definition) is 4. The van der Waals surface area contributed by atoms with Gasteiger partial charge in [0.2, 0.25) is 0 Å². The fourth-order valence-corrected chi connectivity index (χ4v) is 2.51. The number of aliphatic hydroxyl groups is 4. The number of unbranched alkanes of at least 4 members (excludes halogenated alkanes) is 2. The van der Waals surface area contributed by atoms with Crippen molar-refractivity contribution in [2.45, 2.75) is 56.9 Å². The molecule has 0 aliphatic carbocycles. The Kier molecular flexibility index (Phi) is 7.26. The minimum Gasteiger partial charge on any atom is -0.494 e. The molecule has 4 N–H and O–H groups in total. The molecule has 1 fully saturated rings. The molecule has 5 atom stereocenters. The van der Waals surface area contributed by atoms with Gasteiger partial charge in [-0.1, -0.05) is 19.8 Å². The van der Waals surface area contributed by atoms with E-state index in [-0.39, 0.29) is 0 Å². The summed E-state index contributed by atoms with van der Waals surface area (Å²) in [6, 6.07) is 6.77. The third-order valence-corrected chi connectivity index (χ3v) is 3.96.